The number of hydrogen-bond acceptors (Lipinski definition) is 6. The van der Waals surface area contributed by atoms with Gasteiger partial charge in [0.1, 0.15) is 16.6 Å². The Labute approximate surface area is 103 Å². The Morgan fingerprint density at radius 2 is 2.18 bits per heavy atom. The lowest BCUT2D eigenvalue weighted by Gasteiger charge is -2.30. The number of nitrogen functional groups attached to an aromatic ring is 1. The van der Waals surface area contributed by atoms with Crippen molar-refractivity contribution in [2.24, 2.45) is 11.7 Å². The minimum absolute atomic E-state index is 0.0537. The highest BCUT2D eigenvalue weighted by molar-refractivity contribution is 7.10. The van der Waals surface area contributed by atoms with Crippen molar-refractivity contribution in [3.8, 4) is 6.07 Å². The molecule has 2 rings (SSSR count). The molecule has 0 atom stereocenters. The van der Waals surface area contributed by atoms with Crippen LogP contribution in [0, 0.1) is 17.2 Å². The van der Waals surface area contributed by atoms with Crippen LogP contribution in [0.5, 0.6) is 0 Å². The zero-order valence-corrected chi connectivity index (χ0v) is 10.0. The lowest BCUT2D eigenvalue weighted by atomic mass is 9.96. The van der Waals surface area contributed by atoms with Crippen molar-refractivity contribution < 1.29 is 4.79 Å². The molecule has 7 heteroatoms. The maximum absolute atomic E-state index is 11.0. The second-order valence-corrected chi connectivity index (χ2v) is 4.78. The van der Waals surface area contributed by atoms with Gasteiger partial charge in [-0.2, -0.15) is 9.64 Å². The molecule has 1 amide bonds. The Hall–Kier alpha value is -1.81. The largest absolute Gasteiger partial charge is 0.382 e. The Morgan fingerprint density at radius 3 is 2.71 bits per heavy atom. The van der Waals surface area contributed by atoms with Crippen LogP contribution in [0.1, 0.15) is 18.4 Å². The molecule has 90 valence electrons. The molecule has 0 aliphatic carbocycles. The SMILES string of the molecule is N#Cc1c(N)nsc1N1CCC(C(N)=O)CC1. The van der Waals surface area contributed by atoms with Gasteiger partial charge in [-0.25, -0.2) is 0 Å². The first-order valence-electron chi connectivity index (χ1n) is 5.33. The van der Waals surface area contributed by atoms with Gasteiger partial charge >= 0.3 is 0 Å². The first kappa shape index (κ1) is 11.7. The molecule has 0 unspecified atom stereocenters. The minimum atomic E-state index is -0.242. The summed E-state index contributed by atoms with van der Waals surface area (Å²) < 4.78 is 3.98. The van der Waals surface area contributed by atoms with Crippen molar-refractivity contribution in [3.05, 3.63) is 5.56 Å². The molecule has 1 aliphatic heterocycles. The minimum Gasteiger partial charge on any atom is -0.382 e. The third-order valence-electron chi connectivity index (χ3n) is 3.00. The van der Waals surface area contributed by atoms with Gasteiger partial charge in [-0.05, 0) is 24.4 Å². The number of rotatable bonds is 2. The maximum Gasteiger partial charge on any atom is 0.220 e. The molecule has 4 N–H and O–H groups in total. The van der Waals surface area contributed by atoms with E-state index in [1.54, 1.807) is 0 Å². The zero-order valence-electron chi connectivity index (χ0n) is 9.22. The fourth-order valence-electron chi connectivity index (χ4n) is 1.98. The van der Waals surface area contributed by atoms with Gasteiger partial charge in [0, 0.05) is 19.0 Å². The van der Waals surface area contributed by atoms with E-state index >= 15 is 0 Å². The topological polar surface area (TPSA) is 109 Å². The lowest BCUT2D eigenvalue weighted by molar-refractivity contribution is -0.122. The molecule has 2 heterocycles. The highest BCUT2D eigenvalue weighted by Crippen LogP contribution is 2.32. The number of carbonyl (C=O) groups is 1. The smallest absolute Gasteiger partial charge is 0.220 e. The summed E-state index contributed by atoms with van der Waals surface area (Å²) >= 11 is 1.23. The number of piperidine rings is 1. The fourth-order valence-corrected chi connectivity index (χ4v) is 2.80. The number of anilines is 2. The van der Waals surface area contributed by atoms with Crippen LogP contribution in [0.15, 0.2) is 0 Å². The quantitative estimate of drug-likeness (QED) is 0.785. The first-order valence-corrected chi connectivity index (χ1v) is 6.10. The van der Waals surface area contributed by atoms with Crippen molar-refractivity contribution in [2.75, 3.05) is 23.7 Å². The normalized spacial score (nSPS) is 16.8. The molecule has 6 nitrogen and oxygen atoms in total. The van der Waals surface area contributed by atoms with Crippen LogP contribution in [0.3, 0.4) is 0 Å². The van der Waals surface area contributed by atoms with Crippen LogP contribution in [0.4, 0.5) is 10.8 Å². The predicted octanol–water partition coefficient (Wildman–Crippen LogP) is 0.299. The number of nitrogens with zero attached hydrogens (tertiary/aromatic N) is 3. The van der Waals surface area contributed by atoms with Crippen LogP contribution in [-0.4, -0.2) is 23.4 Å². The molecule has 0 spiro atoms. The number of nitrogens with two attached hydrogens (primary N) is 2. The number of aromatic nitrogens is 1. The summed E-state index contributed by atoms with van der Waals surface area (Å²) in [7, 11) is 0. The summed E-state index contributed by atoms with van der Waals surface area (Å²) in [6.45, 7) is 1.42. The molecule has 1 aromatic heterocycles. The van der Waals surface area contributed by atoms with Gasteiger partial charge in [0.2, 0.25) is 5.91 Å². The van der Waals surface area contributed by atoms with E-state index in [2.05, 4.69) is 10.4 Å². The maximum atomic E-state index is 11.0. The van der Waals surface area contributed by atoms with E-state index in [1.807, 2.05) is 4.90 Å². The molecule has 0 radical (unpaired) electrons. The molecular weight excluding hydrogens is 238 g/mol. The highest BCUT2D eigenvalue weighted by Gasteiger charge is 2.26. The van der Waals surface area contributed by atoms with E-state index < -0.39 is 0 Å². The van der Waals surface area contributed by atoms with Gasteiger partial charge in [0.25, 0.3) is 0 Å². The van der Waals surface area contributed by atoms with Crippen molar-refractivity contribution >= 4 is 28.3 Å². The van der Waals surface area contributed by atoms with Crippen LogP contribution in [-0.2, 0) is 4.79 Å². The molecule has 0 bridgehead atoms. The number of carbonyl (C=O) groups excluding carboxylic acids is 1. The monoisotopic (exact) mass is 251 g/mol. The van der Waals surface area contributed by atoms with Crippen molar-refractivity contribution in [3.63, 3.8) is 0 Å². The predicted molar refractivity (Wildman–Crippen MR) is 65.4 cm³/mol. The number of hydrogen-bond donors (Lipinski definition) is 2. The summed E-state index contributed by atoms with van der Waals surface area (Å²) in [5, 5.41) is 9.79. The highest BCUT2D eigenvalue weighted by atomic mass is 32.1. The summed E-state index contributed by atoms with van der Waals surface area (Å²) in [5.74, 6) is -0.0134. The van der Waals surface area contributed by atoms with E-state index in [4.69, 9.17) is 16.7 Å². The zero-order chi connectivity index (χ0) is 12.4. The lowest BCUT2D eigenvalue weighted by Crippen LogP contribution is -2.38. The Balaban J connectivity index is 2.11. The second-order valence-electron chi connectivity index (χ2n) is 4.02. The Bertz CT molecular complexity index is 470. The number of amides is 1. The average Bonchev–Trinajstić information content (AvgIpc) is 2.70. The summed E-state index contributed by atoms with van der Waals surface area (Å²) in [6, 6.07) is 2.06. The number of primary amides is 1. The van der Waals surface area contributed by atoms with Gasteiger partial charge in [-0.3, -0.25) is 4.79 Å². The third-order valence-corrected chi connectivity index (χ3v) is 3.92. The van der Waals surface area contributed by atoms with Gasteiger partial charge < -0.3 is 16.4 Å². The summed E-state index contributed by atoms with van der Waals surface area (Å²) in [6.07, 6.45) is 1.44. The molecule has 1 aromatic rings. The van der Waals surface area contributed by atoms with Crippen molar-refractivity contribution in [1.82, 2.24) is 4.37 Å². The van der Waals surface area contributed by atoms with Gasteiger partial charge in [0.15, 0.2) is 5.82 Å². The van der Waals surface area contributed by atoms with Crippen LogP contribution >= 0.6 is 11.5 Å². The third kappa shape index (κ3) is 2.17. The van der Waals surface area contributed by atoms with Gasteiger partial charge in [-0.1, -0.05) is 0 Å². The van der Waals surface area contributed by atoms with Crippen molar-refractivity contribution in [1.29, 1.82) is 5.26 Å². The average molecular weight is 251 g/mol. The number of nitriles is 1. The van der Waals surface area contributed by atoms with Crippen LogP contribution in [0.25, 0.3) is 0 Å². The van der Waals surface area contributed by atoms with E-state index in [-0.39, 0.29) is 17.6 Å². The molecule has 1 aliphatic rings. The van der Waals surface area contributed by atoms with E-state index in [1.165, 1.54) is 11.5 Å². The first-order chi connectivity index (χ1) is 8.13. The van der Waals surface area contributed by atoms with Gasteiger partial charge in [0.05, 0.1) is 0 Å². The second kappa shape index (κ2) is 4.59. The van der Waals surface area contributed by atoms with E-state index in [0.29, 0.717) is 18.7 Å². The summed E-state index contributed by atoms with van der Waals surface area (Å²) in [5.41, 5.74) is 11.3. The van der Waals surface area contributed by atoms with Gasteiger partial charge in [-0.15, -0.1) is 0 Å². The van der Waals surface area contributed by atoms with E-state index in [0.717, 1.165) is 17.8 Å². The summed E-state index contributed by atoms with van der Waals surface area (Å²) in [4.78, 5) is 13.1. The molecule has 1 fully saturated rings. The fraction of sp³-hybridized carbons (Fsp3) is 0.500. The Morgan fingerprint density at radius 1 is 1.53 bits per heavy atom. The molecule has 1 saturated heterocycles. The molecule has 0 saturated carbocycles. The van der Waals surface area contributed by atoms with Crippen LogP contribution < -0.4 is 16.4 Å². The molecular formula is C10H13N5OS. The van der Waals surface area contributed by atoms with Crippen LogP contribution in [0.2, 0.25) is 0 Å². The Kier molecular flexibility index (Phi) is 3.15. The van der Waals surface area contributed by atoms with Crippen molar-refractivity contribution in [2.45, 2.75) is 12.8 Å². The molecule has 0 aromatic carbocycles. The van der Waals surface area contributed by atoms with E-state index in [9.17, 15) is 4.79 Å². The molecule has 17 heavy (non-hydrogen) atoms. The standard InChI is InChI=1S/C10H13N5OS/c11-5-7-8(12)14-17-10(7)15-3-1-6(2-4-15)9(13)16/h6H,1-4H2,(H2,12,14)(H2,13,16).